The topological polar surface area (TPSA) is 67.1 Å². The van der Waals surface area contributed by atoms with Gasteiger partial charge in [-0.15, -0.1) is 0 Å². The summed E-state index contributed by atoms with van der Waals surface area (Å²) in [5.74, 6) is 0. The summed E-state index contributed by atoms with van der Waals surface area (Å²) >= 11 is 0. The summed E-state index contributed by atoms with van der Waals surface area (Å²) in [5, 5.41) is 11.8. The van der Waals surface area contributed by atoms with E-state index in [1.807, 2.05) is 37.5 Å². The number of hydrogen-bond acceptors (Lipinski definition) is 4. The highest BCUT2D eigenvalue weighted by Crippen LogP contribution is 2.43. The zero-order valence-corrected chi connectivity index (χ0v) is 17.0. The van der Waals surface area contributed by atoms with Crippen molar-refractivity contribution in [2.75, 3.05) is 0 Å². The molecule has 0 unspecified atom stereocenters. The fraction of sp³-hybridized carbons (Fsp3) is 0.0769. The van der Waals surface area contributed by atoms with Crippen LogP contribution in [0.25, 0.3) is 55.5 Å². The molecule has 4 aromatic heterocycles. The minimum atomic E-state index is 0.509. The number of nitrogens with zero attached hydrogens (tertiary/aromatic N) is 2. The molecule has 0 aliphatic rings. The number of nitriles is 1. The Morgan fingerprint density at radius 1 is 0.871 bits per heavy atom. The molecular formula is C26H17N2O3+. The van der Waals surface area contributed by atoms with E-state index < -0.39 is 0 Å². The largest absolute Gasteiger partial charge is 0.460 e. The molecule has 0 aliphatic carbocycles. The van der Waals surface area contributed by atoms with Crippen molar-refractivity contribution in [3.63, 3.8) is 0 Å². The van der Waals surface area contributed by atoms with Crippen LogP contribution in [0.15, 0.2) is 80.5 Å². The van der Waals surface area contributed by atoms with E-state index in [1.54, 1.807) is 18.6 Å². The maximum absolute atomic E-state index is 9.83. The second-order valence-electron chi connectivity index (χ2n) is 7.67. The van der Waals surface area contributed by atoms with Crippen molar-refractivity contribution in [3.8, 4) is 28.5 Å². The van der Waals surface area contributed by atoms with Gasteiger partial charge >= 0.3 is 0 Å². The molecule has 0 spiro atoms. The van der Waals surface area contributed by atoms with Crippen molar-refractivity contribution in [1.29, 1.82) is 5.26 Å². The van der Waals surface area contributed by atoms with Gasteiger partial charge < -0.3 is 13.3 Å². The molecule has 4 heterocycles. The maximum atomic E-state index is 9.83. The maximum Gasteiger partial charge on any atom is 0.216 e. The number of aromatic nitrogens is 1. The number of benzene rings is 2. The monoisotopic (exact) mass is 405 g/mol. The molecule has 6 rings (SSSR count). The number of furan rings is 3. The zero-order chi connectivity index (χ0) is 21.1. The van der Waals surface area contributed by atoms with E-state index in [1.165, 1.54) is 0 Å². The molecule has 0 saturated heterocycles. The standard InChI is InChI=1S/C26H17N2O3/c1-15-6-8-17-18-9-7-16(13-27)23(19-14-30-21-10-12-29-24(19)21)26(18)31-25(17)22(15)20-5-3-4-11-28(20)2/h3-12,14H,1-2H3/q+1. The Morgan fingerprint density at radius 2 is 1.68 bits per heavy atom. The molecule has 5 heteroatoms. The van der Waals surface area contributed by atoms with E-state index in [0.29, 0.717) is 33.4 Å². The van der Waals surface area contributed by atoms with Crippen LogP contribution in [0.3, 0.4) is 0 Å². The number of pyridine rings is 1. The summed E-state index contributed by atoms with van der Waals surface area (Å²) in [5.41, 5.74) is 7.82. The molecule has 2 aromatic carbocycles. The van der Waals surface area contributed by atoms with Crippen LogP contribution < -0.4 is 4.57 Å². The van der Waals surface area contributed by atoms with Crippen molar-refractivity contribution < 1.29 is 17.8 Å². The zero-order valence-electron chi connectivity index (χ0n) is 17.0. The van der Waals surface area contributed by atoms with Crippen LogP contribution in [0.1, 0.15) is 11.1 Å². The SMILES string of the molecule is Cc1ccc2c(oc3c(-c4coc5ccoc45)c(C#N)ccc32)c1-c1cccc[n+]1C. The first-order chi connectivity index (χ1) is 15.2. The van der Waals surface area contributed by atoms with E-state index in [4.69, 9.17) is 13.3 Å². The van der Waals surface area contributed by atoms with E-state index in [-0.39, 0.29) is 0 Å². The van der Waals surface area contributed by atoms with E-state index >= 15 is 0 Å². The van der Waals surface area contributed by atoms with Crippen LogP contribution in [0.2, 0.25) is 0 Å². The molecule has 0 radical (unpaired) electrons. The molecule has 0 saturated carbocycles. The lowest BCUT2D eigenvalue weighted by Gasteiger charge is -2.04. The number of hydrogen-bond donors (Lipinski definition) is 0. The summed E-state index contributed by atoms with van der Waals surface area (Å²) in [7, 11) is 2.02. The lowest BCUT2D eigenvalue weighted by atomic mass is 9.97. The first kappa shape index (κ1) is 17.5. The highest BCUT2D eigenvalue weighted by molar-refractivity contribution is 6.15. The molecule has 0 fully saturated rings. The summed E-state index contributed by atoms with van der Waals surface area (Å²) in [6, 6.07) is 18.1. The Balaban J connectivity index is 1.77. The summed E-state index contributed by atoms with van der Waals surface area (Å²) in [4.78, 5) is 0. The van der Waals surface area contributed by atoms with E-state index in [9.17, 15) is 5.26 Å². The van der Waals surface area contributed by atoms with Gasteiger partial charge in [-0.3, -0.25) is 0 Å². The molecule has 5 nitrogen and oxygen atoms in total. The molecule has 0 bridgehead atoms. The van der Waals surface area contributed by atoms with Crippen molar-refractivity contribution >= 4 is 33.1 Å². The van der Waals surface area contributed by atoms with Gasteiger partial charge in [0.25, 0.3) is 0 Å². The molecule has 0 amide bonds. The fourth-order valence-electron chi connectivity index (χ4n) is 4.40. The Bertz CT molecular complexity index is 1670. The smallest absolute Gasteiger partial charge is 0.216 e. The molecule has 6 aromatic rings. The van der Waals surface area contributed by atoms with Crippen molar-refractivity contribution in [2.24, 2.45) is 7.05 Å². The van der Waals surface area contributed by atoms with Crippen LogP contribution in [0.4, 0.5) is 0 Å². The van der Waals surface area contributed by atoms with Crippen molar-refractivity contribution in [3.05, 3.63) is 78.4 Å². The van der Waals surface area contributed by atoms with Gasteiger partial charge in [0.1, 0.15) is 24.5 Å². The third kappa shape index (κ3) is 2.39. The van der Waals surface area contributed by atoms with Gasteiger partial charge in [-0.25, -0.2) is 4.57 Å². The molecule has 148 valence electrons. The van der Waals surface area contributed by atoms with Gasteiger partial charge in [0.2, 0.25) is 5.69 Å². The third-order valence-electron chi connectivity index (χ3n) is 5.90. The Hall–Kier alpha value is -4.30. The third-order valence-corrected chi connectivity index (χ3v) is 5.90. The van der Waals surface area contributed by atoms with Gasteiger partial charge in [0, 0.05) is 34.5 Å². The van der Waals surface area contributed by atoms with Crippen LogP contribution in [0, 0.1) is 18.3 Å². The average Bonchev–Trinajstić information content (AvgIpc) is 3.48. The van der Waals surface area contributed by atoms with Gasteiger partial charge in [0.05, 0.1) is 29.0 Å². The van der Waals surface area contributed by atoms with Gasteiger partial charge in [-0.05, 0) is 30.7 Å². The van der Waals surface area contributed by atoms with E-state index in [0.717, 1.165) is 33.2 Å². The molecule has 0 aliphatic heterocycles. The summed E-state index contributed by atoms with van der Waals surface area (Å²) in [6.07, 6.45) is 5.23. The Kier molecular flexibility index (Phi) is 3.59. The minimum absolute atomic E-state index is 0.509. The fourth-order valence-corrected chi connectivity index (χ4v) is 4.40. The number of fused-ring (bicyclic) bond motifs is 4. The lowest BCUT2D eigenvalue weighted by molar-refractivity contribution is -0.660. The Labute approximate surface area is 177 Å². The van der Waals surface area contributed by atoms with Crippen LogP contribution >= 0.6 is 0 Å². The first-order valence-electron chi connectivity index (χ1n) is 9.96. The second-order valence-corrected chi connectivity index (χ2v) is 7.67. The quantitative estimate of drug-likeness (QED) is 0.319. The molecule has 0 atom stereocenters. The van der Waals surface area contributed by atoms with Crippen LogP contribution in [-0.4, -0.2) is 0 Å². The summed E-state index contributed by atoms with van der Waals surface area (Å²) in [6.45, 7) is 2.08. The van der Waals surface area contributed by atoms with Crippen molar-refractivity contribution in [2.45, 2.75) is 6.92 Å². The minimum Gasteiger partial charge on any atom is -0.460 e. The predicted molar refractivity (Wildman–Crippen MR) is 117 cm³/mol. The number of rotatable bonds is 2. The van der Waals surface area contributed by atoms with E-state index in [2.05, 4.69) is 35.8 Å². The van der Waals surface area contributed by atoms with Crippen LogP contribution in [0.5, 0.6) is 0 Å². The van der Waals surface area contributed by atoms with Crippen LogP contribution in [-0.2, 0) is 7.05 Å². The number of aryl methyl sites for hydroxylation is 2. The second kappa shape index (κ2) is 6.35. The summed E-state index contributed by atoms with van der Waals surface area (Å²) < 4.78 is 19.9. The molecule has 0 N–H and O–H groups in total. The van der Waals surface area contributed by atoms with Gasteiger partial charge in [0.15, 0.2) is 17.4 Å². The first-order valence-corrected chi connectivity index (χ1v) is 9.96. The highest BCUT2D eigenvalue weighted by atomic mass is 16.4. The molecule has 31 heavy (non-hydrogen) atoms. The predicted octanol–water partition coefficient (Wildman–Crippen LogP) is 6.26. The van der Waals surface area contributed by atoms with Crippen molar-refractivity contribution in [1.82, 2.24) is 0 Å². The highest BCUT2D eigenvalue weighted by Gasteiger charge is 2.24. The normalized spacial score (nSPS) is 11.5. The van der Waals surface area contributed by atoms with Gasteiger partial charge in [-0.2, -0.15) is 5.26 Å². The lowest BCUT2D eigenvalue weighted by Crippen LogP contribution is -2.30. The average molecular weight is 405 g/mol. The Morgan fingerprint density at radius 3 is 2.48 bits per heavy atom. The molecular weight excluding hydrogens is 388 g/mol. The van der Waals surface area contributed by atoms with Gasteiger partial charge in [-0.1, -0.05) is 12.1 Å².